The fourth-order valence-corrected chi connectivity index (χ4v) is 4.53. The van der Waals surface area contributed by atoms with E-state index in [0.717, 1.165) is 6.54 Å². The van der Waals surface area contributed by atoms with Gasteiger partial charge in [-0.3, -0.25) is 0 Å². The van der Waals surface area contributed by atoms with Gasteiger partial charge in [-0.05, 0) is 43.2 Å². The highest BCUT2D eigenvalue weighted by Crippen LogP contribution is 2.16. The summed E-state index contributed by atoms with van der Waals surface area (Å²) in [6.07, 6.45) is 26.3. The lowest BCUT2D eigenvalue weighted by atomic mass is 9.98. The summed E-state index contributed by atoms with van der Waals surface area (Å²) >= 11 is 0. The van der Waals surface area contributed by atoms with Crippen LogP contribution < -0.4 is 4.57 Å². The van der Waals surface area contributed by atoms with Crippen molar-refractivity contribution in [3.63, 3.8) is 0 Å². The molecule has 0 saturated carbocycles. The van der Waals surface area contributed by atoms with Gasteiger partial charge in [-0.25, -0.2) is 4.57 Å². The van der Waals surface area contributed by atoms with Crippen molar-refractivity contribution in [3.05, 3.63) is 65.5 Å². The predicted molar refractivity (Wildman–Crippen MR) is 136 cm³/mol. The average Bonchev–Trinajstić information content (AvgIpc) is 2.80. The molecular weight excluding hydrogens is 374 g/mol. The molecule has 1 aromatic carbocycles. The fourth-order valence-electron chi connectivity index (χ4n) is 4.53. The maximum Gasteiger partial charge on any atom is 0.172 e. The number of aryl methyl sites for hydroxylation is 4. The first-order valence-electron chi connectivity index (χ1n) is 13.4. The Morgan fingerprint density at radius 2 is 1.13 bits per heavy atom. The van der Waals surface area contributed by atoms with E-state index in [-0.39, 0.29) is 0 Å². The summed E-state index contributed by atoms with van der Waals surface area (Å²) in [6.45, 7) is 5.72. The summed E-state index contributed by atoms with van der Waals surface area (Å²) in [5, 5.41) is 0. The minimum atomic E-state index is 1.12. The van der Waals surface area contributed by atoms with Gasteiger partial charge in [-0.15, -0.1) is 0 Å². The zero-order valence-corrected chi connectivity index (χ0v) is 20.6. The van der Waals surface area contributed by atoms with Crippen LogP contribution in [0.25, 0.3) is 0 Å². The Hall–Kier alpha value is -1.63. The predicted octanol–water partition coefficient (Wildman–Crippen LogP) is 8.41. The number of nitrogens with zero attached hydrogens (tertiary/aromatic N) is 1. The van der Waals surface area contributed by atoms with E-state index < -0.39 is 0 Å². The van der Waals surface area contributed by atoms with E-state index in [9.17, 15) is 0 Å². The molecule has 172 valence electrons. The van der Waals surface area contributed by atoms with Crippen molar-refractivity contribution in [3.8, 4) is 0 Å². The molecule has 0 aliphatic heterocycles. The van der Waals surface area contributed by atoms with Crippen LogP contribution in [0.1, 0.15) is 114 Å². The van der Waals surface area contributed by atoms with E-state index in [2.05, 4.69) is 67.2 Å². The first kappa shape index (κ1) is 25.6. The van der Waals surface area contributed by atoms with Crippen molar-refractivity contribution >= 4 is 0 Å². The third-order valence-corrected chi connectivity index (χ3v) is 6.53. The second kappa shape index (κ2) is 17.0. The number of rotatable bonds is 18. The maximum absolute atomic E-state index is 2.48. The second-order valence-corrected chi connectivity index (χ2v) is 9.36. The topological polar surface area (TPSA) is 3.88 Å². The molecule has 0 spiro atoms. The van der Waals surface area contributed by atoms with Crippen LogP contribution in [-0.4, -0.2) is 0 Å². The van der Waals surface area contributed by atoms with Gasteiger partial charge in [-0.2, -0.15) is 0 Å². The van der Waals surface area contributed by atoms with Crippen LogP contribution in [0.3, 0.4) is 0 Å². The van der Waals surface area contributed by atoms with Crippen LogP contribution >= 0.6 is 0 Å². The highest BCUT2D eigenvalue weighted by Gasteiger charge is 2.10. The lowest BCUT2D eigenvalue weighted by molar-refractivity contribution is -0.697. The summed E-state index contributed by atoms with van der Waals surface area (Å²) < 4.78 is 2.44. The summed E-state index contributed by atoms with van der Waals surface area (Å²) in [5.74, 6) is 0. The average molecular weight is 423 g/mol. The van der Waals surface area contributed by atoms with Crippen molar-refractivity contribution in [1.82, 2.24) is 0 Å². The molecule has 0 amide bonds. The van der Waals surface area contributed by atoms with E-state index in [1.165, 1.54) is 108 Å². The van der Waals surface area contributed by atoms with Crippen LogP contribution in [0.4, 0.5) is 0 Å². The molecule has 0 atom stereocenters. The summed E-state index contributed by atoms with van der Waals surface area (Å²) in [4.78, 5) is 0. The van der Waals surface area contributed by atoms with Gasteiger partial charge < -0.3 is 0 Å². The van der Waals surface area contributed by atoms with E-state index >= 15 is 0 Å². The lowest BCUT2D eigenvalue weighted by Gasteiger charge is -2.09. The zero-order valence-electron chi connectivity index (χ0n) is 20.6. The molecule has 0 fully saturated rings. The monoisotopic (exact) mass is 422 g/mol. The van der Waals surface area contributed by atoms with Crippen LogP contribution in [0.2, 0.25) is 0 Å². The largest absolute Gasteiger partial charge is 0.205 e. The van der Waals surface area contributed by atoms with Gasteiger partial charge in [0.1, 0.15) is 6.54 Å². The third-order valence-electron chi connectivity index (χ3n) is 6.53. The molecule has 1 heterocycles. The van der Waals surface area contributed by atoms with Crippen molar-refractivity contribution in [1.29, 1.82) is 0 Å². The molecule has 2 aromatic rings. The Labute approximate surface area is 193 Å². The Morgan fingerprint density at radius 3 is 1.77 bits per heavy atom. The Morgan fingerprint density at radius 1 is 0.548 bits per heavy atom. The van der Waals surface area contributed by atoms with Gasteiger partial charge in [0, 0.05) is 18.1 Å². The number of aromatic nitrogens is 1. The normalized spacial score (nSPS) is 11.2. The molecule has 0 N–H and O–H groups in total. The molecule has 0 aliphatic rings. The SMILES string of the molecule is CCCCCCCCc1cc[n+](CCCc2ccccc2)cc1CCCCCCCC. The summed E-state index contributed by atoms with van der Waals surface area (Å²) in [6, 6.07) is 13.3. The van der Waals surface area contributed by atoms with Gasteiger partial charge >= 0.3 is 0 Å². The van der Waals surface area contributed by atoms with Crippen molar-refractivity contribution in [2.24, 2.45) is 0 Å². The molecule has 0 aliphatic carbocycles. The third kappa shape index (κ3) is 11.5. The Kier molecular flexibility index (Phi) is 14.0. The van der Waals surface area contributed by atoms with Crippen LogP contribution in [-0.2, 0) is 25.8 Å². The minimum absolute atomic E-state index is 1.12. The number of pyridine rings is 1. The standard InChI is InChI=1S/C30H48N/c1-3-5-7-9-11-16-22-29-24-26-31(25-18-21-28-19-14-13-15-20-28)27-30(29)23-17-12-10-8-6-4-2/h13-15,19-20,24,26-27H,3-12,16-18,21-23,25H2,1-2H3/q+1. The molecule has 1 heteroatoms. The molecule has 2 rings (SSSR count). The number of hydrogen-bond donors (Lipinski definition) is 0. The first-order valence-corrected chi connectivity index (χ1v) is 13.4. The van der Waals surface area contributed by atoms with Gasteiger partial charge in [-0.1, -0.05) is 108 Å². The van der Waals surface area contributed by atoms with Crippen molar-refractivity contribution in [2.45, 2.75) is 123 Å². The van der Waals surface area contributed by atoms with Gasteiger partial charge in [0.25, 0.3) is 0 Å². The second-order valence-electron chi connectivity index (χ2n) is 9.36. The summed E-state index contributed by atoms with van der Waals surface area (Å²) in [5.41, 5.74) is 4.68. The molecule has 0 unspecified atom stereocenters. The quantitative estimate of drug-likeness (QED) is 0.168. The number of unbranched alkanes of at least 4 members (excludes halogenated alkanes) is 10. The molecule has 31 heavy (non-hydrogen) atoms. The van der Waals surface area contributed by atoms with Crippen LogP contribution in [0.5, 0.6) is 0 Å². The van der Waals surface area contributed by atoms with Crippen molar-refractivity contribution in [2.75, 3.05) is 0 Å². The van der Waals surface area contributed by atoms with Crippen molar-refractivity contribution < 1.29 is 4.57 Å². The molecule has 1 nitrogen and oxygen atoms in total. The maximum atomic E-state index is 2.48. The number of benzene rings is 1. The van der Waals surface area contributed by atoms with E-state index in [1.54, 1.807) is 11.1 Å². The highest BCUT2D eigenvalue weighted by molar-refractivity contribution is 5.21. The van der Waals surface area contributed by atoms with Gasteiger partial charge in [0.2, 0.25) is 0 Å². The Balaban J connectivity index is 1.85. The van der Waals surface area contributed by atoms with E-state index in [4.69, 9.17) is 0 Å². The molecule has 0 bridgehead atoms. The van der Waals surface area contributed by atoms with Gasteiger partial charge in [0.15, 0.2) is 12.4 Å². The van der Waals surface area contributed by atoms with Crippen LogP contribution in [0.15, 0.2) is 48.8 Å². The highest BCUT2D eigenvalue weighted by atomic mass is 14.9. The summed E-state index contributed by atoms with van der Waals surface area (Å²) in [7, 11) is 0. The minimum Gasteiger partial charge on any atom is -0.205 e. The lowest BCUT2D eigenvalue weighted by Crippen LogP contribution is -2.34. The smallest absolute Gasteiger partial charge is 0.172 e. The number of hydrogen-bond acceptors (Lipinski definition) is 0. The molecule has 0 saturated heterocycles. The van der Waals surface area contributed by atoms with E-state index in [0.29, 0.717) is 0 Å². The fraction of sp³-hybridized carbons (Fsp3) is 0.633. The molecule has 1 aromatic heterocycles. The zero-order chi connectivity index (χ0) is 22.0. The van der Waals surface area contributed by atoms with E-state index in [1.807, 2.05) is 0 Å². The van der Waals surface area contributed by atoms with Crippen LogP contribution in [0, 0.1) is 0 Å². The first-order chi connectivity index (χ1) is 15.3. The Bertz CT molecular complexity index is 676. The molecular formula is C30H48N+. The molecule has 0 radical (unpaired) electrons. The van der Waals surface area contributed by atoms with Gasteiger partial charge in [0.05, 0.1) is 0 Å².